The van der Waals surface area contributed by atoms with Crippen LogP contribution in [0, 0.1) is 24.2 Å². The molecule has 0 aromatic heterocycles. The zero-order valence-corrected chi connectivity index (χ0v) is 12.6. The number of hydrogen-bond acceptors (Lipinski definition) is 3. The first-order chi connectivity index (χ1) is 10.5. The SMILES string of the molecule is Cc1cccc(NC(=O)C(C#N)C(=O)c2cccc(Cl)c2)c1. The molecule has 2 aromatic rings. The van der Waals surface area contributed by atoms with Crippen molar-refractivity contribution in [2.24, 2.45) is 5.92 Å². The zero-order chi connectivity index (χ0) is 16.1. The fraction of sp³-hybridized carbons (Fsp3) is 0.118. The largest absolute Gasteiger partial charge is 0.325 e. The number of Topliss-reactive ketones (excluding diaryl/α,β-unsaturated/α-hetero) is 1. The molecule has 1 amide bonds. The van der Waals surface area contributed by atoms with E-state index in [1.807, 2.05) is 13.0 Å². The molecule has 0 aliphatic heterocycles. The summed E-state index contributed by atoms with van der Waals surface area (Å²) < 4.78 is 0. The van der Waals surface area contributed by atoms with Gasteiger partial charge in [0.1, 0.15) is 0 Å². The van der Waals surface area contributed by atoms with Crippen LogP contribution in [0.5, 0.6) is 0 Å². The average molecular weight is 313 g/mol. The van der Waals surface area contributed by atoms with Crippen LogP contribution in [0.1, 0.15) is 15.9 Å². The minimum Gasteiger partial charge on any atom is -0.325 e. The zero-order valence-electron chi connectivity index (χ0n) is 11.8. The number of nitrogens with zero attached hydrogens (tertiary/aromatic N) is 1. The molecule has 0 aliphatic rings. The highest BCUT2D eigenvalue weighted by atomic mass is 35.5. The van der Waals surface area contributed by atoms with E-state index >= 15 is 0 Å². The number of aryl methyl sites for hydroxylation is 1. The summed E-state index contributed by atoms with van der Waals surface area (Å²) in [4.78, 5) is 24.5. The smallest absolute Gasteiger partial charge is 0.249 e. The summed E-state index contributed by atoms with van der Waals surface area (Å²) in [5.74, 6) is -2.65. The van der Waals surface area contributed by atoms with E-state index in [1.165, 1.54) is 12.1 Å². The standard InChI is InChI=1S/C17H13ClN2O2/c1-11-4-2-7-14(8-11)20-17(22)15(10-19)16(21)12-5-3-6-13(18)9-12/h2-9,15H,1H3,(H,20,22). The van der Waals surface area contributed by atoms with E-state index in [9.17, 15) is 9.59 Å². The summed E-state index contributed by atoms with van der Waals surface area (Å²) in [6.07, 6.45) is 0. The molecular formula is C17H13ClN2O2. The molecule has 0 saturated heterocycles. The van der Waals surface area contributed by atoms with Gasteiger partial charge < -0.3 is 5.32 Å². The third kappa shape index (κ3) is 3.72. The molecule has 0 spiro atoms. The van der Waals surface area contributed by atoms with Crippen molar-refractivity contribution < 1.29 is 9.59 Å². The van der Waals surface area contributed by atoms with Crippen molar-refractivity contribution in [1.82, 2.24) is 0 Å². The second-order valence-corrected chi connectivity index (χ2v) is 5.23. The second kappa shape index (κ2) is 6.88. The van der Waals surface area contributed by atoms with Gasteiger partial charge in [-0.3, -0.25) is 9.59 Å². The number of hydrogen-bond donors (Lipinski definition) is 1. The Kier molecular flexibility index (Phi) is 4.92. The second-order valence-electron chi connectivity index (χ2n) is 4.80. The Morgan fingerprint density at radius 3 is 2.55 bits per heavy atom. The molecule has 1 unspecified atom stereocenters. The van der Waals surface area contributed by atoms with E-state index < -0.39 is 17.6 Å². The number of rotatable bonds is 4. The Labute approximate surface area is 133 Å². The minimum atomic E-state index is -1.42. The lowest BCUT2D eigenvalue weighted by Gasteiger charge is -2.10. The van der Waals surface area contributed by atoms with Gasteiger partial charge in [-0.25, -0.2) is 0 Å². The fourth-order valence-corrected chi connectivity index (χ4v) is 2.17. The minimum absolute atomic E-state index is 0.235. The molecule has 110 valence electrons. The van der Waals surface area contributed by atoms with Crippen molar-refractivity contribution in [3.05, 3.63) is 64.7 Å². The molecule has 0 aliphatic carbocycles. The van der Waals surface area contributed by atoms with Crippen LogP contribution in [0.4, 0.5) is 5.69 Å². The Bertz CT molecular complexity index is 765. The van der Waals surface area contributed by atoms with Crippen molar-refractivity contribution in [3.63, 3.8) is 0 Å². The normalized spacial score (nSPS) is 11.3. The molecule has 0 saturated carbocycles. The molecule has 0 fully saturated rings. The van der Waals surface area contributed by atoms with Crippen molar-refractivity contribution in [2.75, 3.05) is 5.32 Å². The lowest BCUT2D eigenvalue weighted by Crippen LogP contribution is -2.28. The number of ketones is 1. The van der Waals surface area contributed by atoms with Gasteiger partial charge in [-0.05, 0) is 36.8 Å². The third-order valence-electron chi connectivity index (χ3n) is 3.05. The van der Waals surface area contributed by atoms with Gasteiger partial charge in [-0.1, -0.05) is 35.9 Å². The number of nitriles is 1. The first-order valence-corrected chi connectivity index (χ1v) is 6.96. The third-order valence-corrected chi connectivity index (χ3v) is 3.28. The van der Waals surface area contributed by atoms with E-state index in [0.29, 0.717) is 10.7 Å². The molecule has 5 heteroatoms. The van der Waals surface area contributed by atoms with Crippen LogP contribution in [-0.2, 0) is 4.79 Å². The molecule has 1 N–H and O–H groups in total. The predicted octanol–water partition coefficient (Wildman–Crippen LogP) is 3.61. The lowest BCUT2D eigenvalue weighted by atomic mass is 9.98. The van der Waals surface area contributed by atoms with Crippen LogP contribution in [-0.4, -0.2) is 11.7 Å². The summed E-state index contributed by atoms with van der Waals surface area (Å²) >= 11 is 5.83. The van der Waals surface area contributed by atoms with Crippen LogP contribution in [0.15, 0.2) is 48.5 Å². The quantitative estimate of drug-likeness (QED) is 0.692. The highest BCUT2D eigenvalue weighted by Crippen LogP contribution is 2.17. The molecule has 0 radical (unpaired) electrons. The highest BCUT2D eigenvalue weighted by molar-refractivity contribution is 6.31. The summed E-state index contributed by atoms with van der Waals surface area (Å²) in [5.41, 5.74) is 1.75. The molecule has 2 aromatic carbocycles. The first-order valence-electron chi connectivity index (χ1n) is 6.58. The molecule has 2 rings (SSSR count). The number of carbonyl (C=O) groups is 2. The van der Waals surface area contributed by atoms with Gasteiger partial charge in [-0.15, -0.1) is 0 Å². The Morgan fingerprint density at radius 1 is 1.18 bits per heavy atom. The van der Waals surface area contributed by atoms with E-state index in [1.54, 1.807) is 36.4 Å². The van der Waals surface area contributed by atoms with Gasteiger partial charge in [0.05, 0.1) is 6.07 Å². The van der Waals surface area contributed by atoms with Crippen LogP contribution in [0.3, 0.4) is 0 Å². The summed E-state index contributed by atoms with van der Waals surface area (Å²) in [7, 11) is 0. The van der Waals surface area contributed by atoms with Gasteiger partial charge >= 0.3 is 0 Å². The number of benzene rings is 2. The van der Waals surface area contributed by atoms with Crippen LogP contribution < -0.4 is 5.32 Å². The molecule has 0 heterocycles. The molecule has 0 bridgehead atoms. The maximum Gasteiger partial charge on any atom is 0.249 e. The Morgan fingerprint density at radius 2 is 1.91 bits per heavy atom. The molecule has 22 heavy (non-hydrogen) atoms. The lowest BCUT2D eigenvalue weighted by molar-refractivity contribution is -0.117. The Hall–Kier alpha value is -2.64. The number of anilines is 1. The molecule has 4 nitrogen and oxygen atoms in total. The van der Waals surface area contributed by atoms with Crippen molar-refractivity contribution in [2.45, 2.75) is 6.92 Å². The number of carbonyl (C=O) groups excluding carboxylic acids is 2. The maximum atomic E-state index is 12.3. The number of halogens is 1. The van der Waals surface area contributed by atoms with E-state index in [2.05, 4.69) is 5.32 Å². The van der Waals surface area contributed by atoms with Gasteiger partial charge in [-0.2, -0.15) is 5.26 Å². The van der Waals surface area contributed by atoms with Gasteiger partial charge in [0, 0.05) is 16.3 Å². The number of nitrogens with one attached hydrogen (secondary N) is 1. The van der Waals surface area contributed by atoms with Crippen molar-refractivity contribution in [1.29, 1.82) is 5.26 Å². The fourth-order valence-electron chi connectivity index (χ4n) is 1.98. The molecular weight excluding hydrogens is 300 g/mol. The van der Waals surface area contributed by atoms with E-state index in [-0.39, 0.29) is 5.56 Å². The predicted molar refractivity (Wildman–Crippen MR) is 84.7 cm³/mol. The van der Waals surface area contributed by atoms with E-state index in [4.69, 9.17) is 16.9 Å². The van der Waals surface area contributed by atoms with Gasteiger partial charge in [0.2, 0.25) is 5.91 Å². The van der Waals surface area contributed by atoms with Crippen molar-refractivity contribution in [3.8, 4) is 6.07 Å². The van der Waals surface area contributed by atoms with Gasteiger partial charge in [0.25, 0.3) is 0 Å². The first kappa shape index (κ1) is 15.7. The summed E-state index contributed by atoms with van der Waals surface area (Å²) in [6, 6.07) is 15.1. The summed E-state index contributed by atoms with van der Waals surface area (Å²) in [5, 5.41) is 12.1. The van der Waals surface area contributed by atoms with Crippen LogP contribution in [0.2, 0.25) is 5.02 Å². The monoisotopic (exact) mass is 312 g/mol. The van der Waals surface area contributed by atoms with Crippen LogP contribution >= 0.6 is 11.6 Å². The molecule has 1 atom stereocenters. The highest BCUT2D eigenvalue weighted by Gasteiger charge is 2.27. The van der Waals surface area contributed by atoms with Crippen LogP contribution in [0.25, 0.3) is 0 Å². The average Bonchev–Trinajstić information content (AvgIpc) is 2.47. The van der Waals surface area contributed by atoms with E-state index in [0.717, 1.165) is 5.56 Å². The Balaban J connectivity index is 2.19. The number of amides is 1. The summed E-state index contributed by atoms with van der Waals surface area (Å²) in [6.45, 7) is 1.88. The maximum absolute atomic E-state index is 12.3. The van der Waals surface area contributed by atoms with Gasteiger partial charge in [0.15, 0.2) is 11.7 Å². The van der Waals surface area contributed by atoms with Crippen molar-refractivity contribution >= 4 is 29.0 Å². The topological polar surface area (TPSA) is 70.0 Å².